The molecule has 1 aromatic rings. The van der Waals surface area contributed by atoms with Crippen LogP contribution in [0.2, 0.25) is 0 Å². The predicted octanol–water partition coefficient (Wildman–Crippen LogP) is 3.84. The molecule has 1 aromatic heterocycles. The third-order valence-corrected chi connectivity index (χ3v) is 5.46. The quantitative estimate of drug-likeness (QED) is 0.866. The van der Waals surface area contributed by atoms with Crippen LogP contribution in [0.3, 0.4) is 0 Å². The van der Waals surface area contributed by atoms with Gasteiger partial charge in [0, 0.05) is 17.4 Å². The number of hydrogen-bond acceptors (Lipinski definition) is 4. The van der Waals surface area contributed by atoms with Gasteiger partial charge in [0.05, 0.1) is 5.25 Å². The SMILES string of the molecule is Cc1nc(C2CCCS2)nc(C)c1CC(C)CNC(C)C. The number of thioether (sulfide) groups is 1. The Balaban J connectivity index is 2.06. The summed E-state index contributed by atoms with van der Waals surface area (Å²) < 4.78 is 0. The van der Waals surface area contributed by atoms with Crippen molar-refractivity contribution >= 4 is 11.8 Å². The van der Waals surface area contributed by atoms with Crippen LogP contribution in [-0.4, -0.2) is 28.3 Å². The van der Waals surface area contributed by atoms with Gasteiger partial charge in [-0.2, -0.15) is 11.8 Å². The highest BCUT2D eigenvalue weighted by Crippen LogP contribution is 2.38. The van der Waals surface area contributed by atoms with E-state index in [9.17, 15) is 0 Å². The predicted molar refractivity (Wildman–Crippen MR) is 91.9 cm³/mol. The Labute approximate surface area is 133 Å². The van der Waals surface area contributed by atoms with E-state index in [4.69, 9.17) is 9.97 Å². The minimum atomic E-state index is 0.525. The van der Waals surface area contributed by atoms with Crippen LogP contribution in [0.5, 0.6) is 0 Å². The second-order valence-electron chi connectivity index (χ2n) is 6.61. The summed E-state index contributed by atoms with van der Waals surface area (Å²) in [4.78, 5) is 9.62. The smallest absolute Gasteiger partial charge is 0.141 e. The van der Waals surface area contributed by atoms with E-state index in [1.807, 2.05) is 11.8 Å². The molecular formula is C17H29N3S. The Morgan fingerprint density at radius 2 is 1.86 bits per heavy atom. The lowest BCUT2D eigenvalue weighted by molar-refractivity contribution is 0.473. The summed E-state index contributed by atoms with van der Waals surface area (Å²) in [5.74, 6) is 2.93. The molecule has 1 saturated heterocycles. The summed E-state index contributed by atoms with van der Waals surface area (Å²) in [6.45, 7) is 12.0. The maximum atomic E-state index is 4.81. The van der Waals surface area contributed by atoms with Crippen molar-refractivity contribution in [2.45, 2.75) is 65.2 Å². The van der Waals surface area contributed by atoms with Gasteiger partial charge in [-0.25, -0.2) is 9.97 Å². The molecule has 0 bridgehead atoms. The normalized spacial score (nSPS) is 20.2. The van der Waals surface area contributed by atoms with Crippen LogP contribution >= 0.6 is 11.8 Å². The van der Waals surface area contributed by atoms with Crippen LogP contribution in [0.25, 0.3) is 0 Å². The average Bonchev–Trinajstić information content (AvgIpc) is 2.94. The topological polar surface area (TPSA) is 37.8 Å². The Hall–Kier alpha value is -0.610. The number of rotatable bonds is 6. The number of nitrogens with one attached hydrogen (secondary N) is 1. The van der Waals surface area contributed by atoms with Crippen molar-refractivity contribution in [2.75, 3.05) is 12.3 Å². The molecule has 4 heteroatoms. The second kappa shape index (κ2) is 7.59. The summed E-state index contributed by atoms with van der Waals surface area (Å²) in [5, 5.41) is 4.04. The third kappa shape index (κ3) is 4.68. The minimum absolute atomic E-state index is 0.525. The van der Waals surface area contributed by atoms with Gasteiger partial charge in [-0.3, -0.25) is 0 Å². The van der Waals surface area contributed by atoms with E-state index in [-0.39, 0.29) is 0 Å². The van der Waals surface area contributed by atoms with Gasteiger partial charge in [-0.05, 0) is 56.9 Å². The monoisotopic (exact) mass is 307 g/mol. The van der Waals surface area contributed by atoms with E-state index in [0.29, 0.717) is 17.2 Å². The molecule has 0 radical (unpaired) electrons. The van der Waals surface area contributed by atoms with Gasteiger partial charge in [-0.15, -0.1) is 0 Å². The fourth-order valence-electron chi connectivity index (χ4n) is 2.84. The molecular weight excluding hydrogens is 278 g/mol. The first-order chi connectivity index (χ1) is 9.97. The van der Waals surface area contributed by atoms with Gasteiger partial charge in [0.2, 0.25) is 0 Å². The summed E-state index contributed by atoms with van der Waals surface area (Å²) in [5.41, 5.74) is 3.71. The molecule has 2 rings (SSSR count). The summed E-state index contributed by atoms with van der Waals surface area (Å²) in [7, 11) is 0. The van der Waals surface area contributed by atoms with Crippen molar-refractivity contribution < 1.29 is 0 Å². The lowest BCUT2D eigenvalue weighted by Gasteiger charge is -2.18. The molecule has 0 spiro atoms. The molecule has 2 atom stereocenters. The van der Waals surface area contributed by atoms with E-state index in [2.05, 4.69) is 39.9 Å². The van der Waals surface area contributed by atoms with Gasteiger partial charge in [0.25, 0.3) is 0 Å². The van der Waals surface area contributed by atoms with Crippen LogP contribution in [0.15, 0.2) is 0 Å². The van der Waals surface area contributed by atoms with Crippen molar-refractivity contribution in [3.8, 4) is 0 Å². The lowest BCUT2D eigenvalue weighted by Crippen LogP contribution is -2.29. The molecule has 0 amide bonds. The van der Waals surface area contributed by atoms with E-state index < -0.39 is 0 Å². The summed E-state index contributed by atoms with van der Waals surface area (Å²) >= 11 is 2.01. The Bertz CT molecular complexity index is 444. The Morgan fingerprint density at radius 1 is 1.19 bits per heavy atom. The van der Waals surface area contributed by atoms with Crippen LogP contribution in [0, 0.1) is 19.8 Å². The molecule has 2 unspecified atom stereocenters. The zero-order valence-electron chi connectivity index (χ0n) is 14.1. The molecule has 0 aromatic carbocycles. The van der Waals surface area contributed by atoms with E-state index in [1.54, 1.807) is 0 Å². The standard InChI is InChI=1S/C17H29N3S/c1-11(2)18-10-12(3)9-15-13(4)19-17(20-14(15)5)16-7-6-8-21-16/h11-12,16,18H,6-10H2,1-5H3. The largest absolute Gasteiger partial charge is 0.314 e. The first-order valence-corrected chi connectivity index (χ1v) is 9.21. The average molecular weight is 308 g/mol. The van der Waals surface area contributed by atoms with Crippen LogP contribution in [0.1, 0.15) is 61.6 Å². The molecule has 0 saturated carbocycles. The molecule has 3 nitrogen and oxygen atoms in total. The van der Waals surface area contributed by atoms with Crippen molar-refractivity contribution in [3.05, 3.63) is 22.8 Å². The third-order valence-electron chi connectivity index (χ3n) is 4.08. The summed E-state index contributed by atoms with van der Waals surface area (Å²) in [6.07, 6.45) is 3.60. The highest BCUT2D eigenvalue weighted by atomic mass is 32.2. The molecule has 1 aliphatic heterocycles. The van der Waals surface area contributed by atoms with E-state index in [1.165, 1.54) is 35.5 Å². The zero-order chi connectivity index (χ0) is 15.4. The van der Waals surface area contributed by atoms with E-state index >= 15 is 0 Å². The fraction of sp³-hybridized carbons (Fsp3) is 0.765. The molecule has 1 aliphatic rings. The van der Waals surface area contributed by atoms with E-state index in [0.717, 1.165) is 18.8 Å². The van der Waals surface area contributed by atoms with Gasteiger partial charge in [0.1, 0.15) is 5.82 Å². The summed E-state index contributed by atoms with van der Waals surface area (Å²) in [6, 6.07) is 0.549. The first kappa shape index (κ1) is 16.8. The van der Waals surface area contributed by atoms with Gasteiger partial charge < -0.3 is 5.32 Å². The number of aryl methyl sites for hydroxylation is 2. The number of aromatic nitrogens is 2. The maximum absolute atomic E-state index is 4.81. The Kier molecular flexibility index (Phi) is 6.06. The second-order valence-corrected chi connectivity index (χ2v) is 7.92. The van der Waals surface area contributed by atoms with Gasteiger partial charge >= 0.3 is 0 Å². The molecule has 1 fully saturated rings. The van der Waals surface area contributed by atoms with Crippen molar-refractivity contribution in [2.24, 2.45) is 5.92 Å². The molecule has 21 heavy (non-hydrogen) atoms. The van der Waals surface area contributed by atoms with Crippen LogP contribution < -0.4 is 5.32 Å². The van der Waals surface area contributed by atoms with Crippen LogP contribution in [0.4, 0.5) is 0 Å². The van der Waals surface area contributed by atoms with Crippen molar-refractivity contribution in [1.82, 2.24) is 15.3 Å². The zero-order valence-corrected chi connectivity index (χ0v) is 14.9. The number of nitrogens with zero attached hydrogens (tertiary/aromatic N) is 2. The maximum Gasteiger partial charge on any atom is 0.141 e. The van der Waals surface area contributed by atoms with Gasteiger partial charge in [-0.1, -0.05) is 20.8 Å². The highest BCUT2D eigenvalue weighted by Gasteiger charge is 2.22. The van der Waals surface area contributed by atoms with Crippen molar-refractivity contribution in [1.29, 1.82) is 0 Å². The van der Waals surface area contributed by atoms with Crippen molar-refractivity contribution in [3.63, 3.8) is 0 Å². The Morgan fingerprint density at radius 3 is 2.38 bits per heavy atom. The minimum Gasteiger partial charge on any atom is -0.314 e. The molecule has 1 N–H and O–H groups in total. The molecule has 118 valence electrons. The lowest BCUT2D eigenvalue weighted by atomic mass is 9.98. The molecule has 0 aliphatic carbocycles. The fourth-order valence-corrected chi connectivity index (χ4v) is 4.05. The van der Waals surface area contributed by atoms with Gasteiger partial charge in [0.15, 0.2) is 0 Å². The molecule has 2 heterocycles. The number of hydrogen-bond donors (Lipinski definition) is 1. The highest BCUT2D eigenvalue weighted by molar-refractivity contribution is 7.99. The first-order valence-electron chi connectivity index (χ1n) is 8.16. The van der Waals surface area contributed by atoms with Crippen LogP contribution in [-0.2, 0) is 6.42 Å².